The van der Waals surface area contributed by atoms with Crippen LogP contribution in [0.5, 0.6) is 0 Å². The monoisotopic (exact) mass is 194 g/mol. The average molecular weight is 194 g/mol. The van der Waals surface area contributed by atoms with E-state index in [1.807, 2.05) is 0 Å². The number of rotatable bonds is 2. The molecule has 1 aliphatic rings. The normalized spacial score (nSPS) is 18.4. The Kier molecular flexibility index (Phi) is 2.89. The molecule has 0 saturated heterocycles. The molecule has 1 fully saturated rings. The number of hydrogen-bond acceptors (Lipinski definition) is 3. The summed E-state index contributed by atoms with van der Waals surface area (Å²) in [5.41, 5.74) is 0.511. The van der Waals surface area contributed by atoms with Crippen molar-refractivity contribution in [2.75, 3.05) is 0 Å². The fraction of sp³-hybridized carbons (Fsp3) is 0.667. The molecule has 2 rings (SSSR count). The van der Waals surface area contributed by atoms with Crippen LogP contribution in [-0.2, 0) is 0 Å². The van der Waals surface area contributed by atoms with E-state index in [1.54, 1.807) is 16.9 Å². The van der Waals surface area contributed by atoms with Gasteiger partial charge in [0.2, 0.25) is 0 Å². The van der Waals surface area contributed by atoms with Crippen LogP contribution in [0.2, 0.25) is 0 Å². The molecule has 1 saturated carbocycles. The first kappa shape index (κ1) is 9.74. The van der Waals surface area contributed by atoms with E-state index in [9.17, 15) is 0 Å². The molecule has 1 heterocycles. The molecule has 0 radical (unpaired) electrons. The summed E-state index contributed by atoms with van der Waals surface area (Å²) < 4.78 is 1.77. The average Bonchev–Trinajstić information content (AvgIpc) is 2.67. The van der Waals surface area contributed by atoms with Crippen molar-refractivity contribution in [1.29, 1.82) is 0 Å². The van der Waals surface area contributed by atoms with Gasteiger partial charge in [-0.1, -0.05) is 19.3 Å². The lowest BCUT2D eigenvalue weighted by Gasteiger charge is -2.23. The minimum absolute atomic E-state index is 0.357. The van der Waals surface area contributed by atoms with Crippen LogP contribution in [0.25, 0.3) is 0 Å². The highest BCUT2D eigenvalue weighted by atomic mass is 16.4. The lowest BCUT2D eigenvalue weighted by atomic mass is 9.85. The topological polar surface area (TPSA) is 58.3 Å². The van der Waals surface area contributed by atoms with Gasteiger partial charge in [-0.25, -0.2) is 0 Å². The van der Waals surface area contributed by atoms with Crippen LogP contribution in [0.1, 0.15) is 38.1 Å². The second kappa shape index (κ2) is 4.15. The van der Waals surface area contributed by atoms with Gasteiger partial charge in [0.1, 0.15) is 0 Å². The molecule has 2 N–H and O–H groups in total. The van der Waals surface area contributed by atoms with Gasteiger partial charge < -0.3 is 10.0 Å². The highest BCUT2D eigenvalue weighted by molar-refractivity contribution is 6.57. The molecule has 0 unspecified atom stereocenters. The fourth-order valence-electron chi connectivity index (χ4n) is 2.16. The SMILES string of the molecule is OB(O)c1ccnn1C1CCCCC1. The Bertz CT molecular complexity index is 295. The molecule has 14 heavy (non-hydrogen) atoms. The van der Waals surface area contributed by atoms with Crippen LogP contribution in [0.15, 0.2) is 12.3 Å². The molecule has 4 nitrogen and oxygen atoms in total. The maximum absolute atomic E-state index is 9.12. The molecular formula is C9H15BN2O2. The van der Waals surface area contributed by atoms with Gasteiger partial charge >= 0.3 is 7.12 Å². The Morgan fingerprint density at radius 3 is 2.64 bits per heavy atom. The largest absolute Gasteiger partial charge is 0.507 e. The van der Waals surface area contributed by atoms with Crippen molar-refractivity contribution in [3.05, 3.63) is 12.3 Å². The molecule has 0 atom stereocenters. The number of aromatic nitrogens is 2. The molecule has 76 valence electrons. The van der Waals surface area contributed by atoms with E-state index in [-0.39, 0.29) is 0 Å². The maximum atomic E-state index is 9.12. The molecule has 0 aromatic carbocycles. The predicted molar refractivity (Wildman–Crippen MR) is 54.2 cm³/mol. The molecule has 1 aromatic heterocycles. The molecule has 0 aliphatic heterocycles. The summed E-state index contributed by atoms with van der Waals surface area (Å²) in [6.45, 7) is 0. The van der Waals surface area contributed by atoms with Gasteiger partial charge in [-0.05, 0) is 18.9 Å². The highest BCUT2D eigenvalue weighted by Crippen LogP contribution is 2.26. The Morgan fingerprint density at radius 2 is 2.00 bits per heavy atom. The van der Waals surface area contributed by atoms with Crippen molar-refractivity contribution in [3.63, 3.8) is 0 Å². The lowest BCUT2D eigenvalue weighted by molar-refractivity contribution is 0.329. The van der Waals surface area contributed by atoms with Crippen LogP contribution in [0, 0.1) is 0 Å². The van der Waals surface area contributed by atoms with Crippen LogP contribution in [0.4, 0.5) is 0 Å². The van der Waals surface area contributed by atoms with Gasteiger partial charge in [0.15, 0.2) is 0 Å². The second-order valence-corrected chi connectivity index (χ2v) is 3.87. The first-order valence-corrected chi connectivity index (χ1v) is 5.18. The predicted octanol–water partition coefficient (Wildman–Crippen LogP) is 0.0681. The molecule has 0 spiro atoms. The standard InChI is InChI=1S/C9H15BN2O2/c13-10(14)9-6-7-11-12(9)8-4-2-1-3-5-8/h6-8,13-14H,1-5H2. The zero-order valence-electron chi connectivity index (χ0n) is 8.13. The zero-order valence-corrected chi connectivity index (χ0v) is 8.13. The Hall–Kier alpha value is -0.805. The van der Waals surface area contributed by atoms with Crippen molar-refractivity contribution in [2.24, 2.45) is 0 Å². The third-order valence-electron chi connectivity index (χ3n) is 2.89. The zero-order chi connectivity index (χ0) is 9.97. The summed E-state index contributed by atoms with van der Waals surface area (Å²) in [5.74, 6) is 0. The highest BCUT2D eigenvalue weighted by Gasteiger charge is 2.23. The van der Waals surface area contributed by atoms with Gasteiger partial charge in [0.05, 0.1) is 11.6 Å². The second-order valence-electron chi connectivity index (χ2n) is 3.87. The minimum atomic E-state index is -1.40. The molecule has 0 amide bonds. The van der Waals surface area contributed by atoms with Crippen LogP contribution in [-0.4, -0.2) is 26.9 Å². The summed E-state index contributed by atoms with van der Waals surface area (Å²) in [4.78, 5) is 0. The smallest absolute Gasteiger partial charge is 0.422 e. The van der Waals surface area contributed by atoms with E-state index < -0.39 is 7.12 Å². The fourth-order valence-corrected chi connectivity index (χ4v) is 2.16. The summed E-state index contributed by atoms with van der Waals surface area (Å²) in [5, 5.41) is 22.4. The first-order chi connectivity index (χ1) is 6.79. The number of hydrogen-bond donors (Lipinski definition) is 2. The Labute approximate surface area is 83.7 Å². The number of nitrogens with zero attached hydrogens (tertiary/aromatic N) is 2. The van der Waals surface area contributed by atoms with Gasteiger partial charge in [-0.2, -0.15) is 5.10 Å². The van der Waals surface area contributed by atoms with Crippen LogP contribution >= 0.6 is 0 Å². The Balaban J connectivity index is 2.17. The molecular weight excluding hydrogens is 179 g/mol. The van der Waals surface area contributed by atoms with Gasteiger partial charge in [0, 0.05) is 6.20 Å². The van der Waals surface area contributed by atoms with Crippen LogP contribution in [0.3, 0.4) is 0 Å². The van der Waals surface area contributed by atoms with Gasteiger partial charge in [-0.15, -0.1) is 0 Å². The third-order valence-corrected chi connectivity index (χ3v) is 2.89. The van der Waals surface area contributed by atoms with Crippen LogP contribution < -0.4 is 5.59 Å². The van der Waals surface area contributed by atoms with E-state index >= 15 is 0 Å². The van der Waals surface area contributed by atoms with E-state index in [1.165, 1.54) is 19.3 Å². The summed E-state index contributed by atoms with van der Waals surface area (Å²) in [7, 11) is -1.40. The third kappa shape index (κ3) is 1.83. The van der Waals surface area contributed by atoms with Gasteiger partial charge in [0.25, 0.3) is 0 Å². The maximum Gasteiger partial charge on any atom is 0.507 e. The van der Waals surface area contributed by atoms with Gasteiger partial charge in [-0.3, -0.25) is 4.68 Å². The quantitative estimate of drug-likeness (QED) is 0.655. The summed E-state index contributed by atoms with van der Waals surface area (Å²) in [6.07, 6.45) is 7.54. The summed E-state index contributed by atoms with van der Waals surface area (Å²) >= 11 is 0. The minimum Gasteiger partial charge on any atom is -0.422 e. The molecule has 5 heteroatoms. The van der Waals surface area contributed by atoms with E-state index in [2.05, 4.69) is 5.10 Å². The molecule has 1 aromatic rings. The lowest BCUT2D eigenvalue weighted by Crippen LogP contribution is -2.38. The first-order valence-electron chi connectivity index (χ1n) is 5.18. The van der Waals surface area contributed by atoms with E-state index in [0.29, 0.717) is 11.6 Å². The van der Waals surface area contributed by atoms with Crippen molar-refractivity contribution < 1.29 is 10.0 Å². The van der Waals surface area contributed by atoms with Crippen molar-refractivity contribution in [1.82, 2.24) is 9.78 Å². The van der Waals surface area contributed by atoms with E-state index in [0.717, 1.165) is 12.8 Å². The Morgan fingerprint density at radius 1 is 1.29 bits per heavy atom. The van der Waals surface area contributed by atoms with Crippen molar-refractivity contribution in [2.45, 2.75) is 38.1 Å². The molecule has 0 bridgehead atoms. The van der Waals surface area contributed by atoms with E-state index in [4.69, 9.17) is 10.0 Å². The molecule has 1 aliphatic carbocycles. The van der Waals surface area contributed by atoms with Crippen molar-refractivity contribution in [3.8, 4) is 0 Å². The van der Waals surface area contributed by atoms with Crippen molar-refractivity contribution >= 4 is 12.7 Å². The summed E-state index contributed by atoms with van der Waals surface area (Å²) in [6, 6.07) is 2.02.